The first-order chi connectivity index (χ1) is 9.76. The Balaban J connectivity index is 1.84. The highest BCUT2D eigenvalue weighted by atomic mass is 16.5. The fourth-order valence-electron chi connectivity index (χ4n) is 2.00. The molecule has 0 amide bonds. The highest BCUT2D eigenvalue weighted by molar-refractivity contribution is 5.51. The van der Waals surface area contributed by atoms with Gasteiger partial charge in [0.15, 0.2) is 5.82 Å². The minimum atomic E-state index is 0.398. The van der Waals surface area contributed by atoms with E-state index in [1.807, 2.05) is 18.2 Å². The molecule has 3 rings (SSSR count). The summed E-state index contributed by atoms with van der Waals surface area (Å²) in [7, 11) is 0. The van der Waals surface area contributed by atoms with Crippen molar-refractivity contribution >= 4 is 0 Å². The van der Waals surface area contributed by atoms with E-state index in [1.54, 1.807) is 12.3 Å². The van der Waals surface area contributed by atoms with Crippen LogP contribution in [-0.2, 0) is 6.42 Å². The number of nitrogens with zero attached hydrogens (tertiary/aromatic N) is 3. The maximum atomic E-state index is 8.79. The third kappa shape index (κ3) is 2.31. The predicted octanol–water partition coefficient (Wildman–Crippen LogP) is 2.84. The van der Waals surface area contributed by atoms with Gasteiger partial charge in [0.2, 0.25) is 0 Å². The molecule has 1 aromatic carbocycles. The Hall–Kier alpha value is -2.87. The lowest BCUT2D eigenvalue weighted by atomic mass is 10.1. The predicted molar refractivity (Wildman–Crippen MR) is 72.8 cm³/mol. The van der Waals surface area contributed by atoms with Gasteiger partial charge in [-0.3, -0.25) is 0 Å². The molecule has 0 saturated carbocycles. The summed E-state index contributed by atoms with van der Waals surface area (Å²) in [6, 6.07) is 11.8. The van der Waals surface area contributed by atoms with E-state index in [-0.39, 0.29) is 0 Å². The molecule has 0 unspecified atom stereocenters. The highest BCUT2D eigenvalue weighted by Gasteiger charge is 2.12. The van der Waals surface area contributed by atoms with Crippen LogP contribution in [0.2, 0.25) is 0 Å². The number of hydrogen-bond donors (Lipinski definition) is 1. The topological polar surface area (TPSA) is 78.5 Å². The summed E-state index contributed by atoms with van der Waals surface area (Å²) in [5, 5.41) is 12.8. The lowest BCUT2D eigenvalue weighted by molar-refractivity contribution is 0.423. The molecular weight excluding hydrogens is 252 g/mol. The average molecular weight is 264 g/mol. The highest BCUT2D eigenvalue weighted by Crippen LogP contribution is 2.18. The standard InChI is InChI=1S/C15H12N4O/c1-10-4-2-3-5-12(10)7-14-18-15(20-19-14)13-6-11(8-16)9-17-13/h2-6,9,17H,7H2,1H3. The van der Waals surface area contributed by atoms with E-state index < -0.39 is 0 Å². The summed E-state index contributed by atoms with van der Waals surface area (Å²) in [5.41, 5.74) is 3.57. The Morgan fingerprint density at radius 3 is 2.95 bits per heavy atom. The SMILES string of the molecule is Cc1ccccc1Cc1noc(-c2cc(C#N)c[nH]2)n1. The van der Waals surface area contributed by atoms with Crippen LogP contribution in [0.15, 0.2) is 41.1 Å². The molecule has 0 atom stereocenters. The minimum absolute atomic E-state index is 0.398. The first-order valence-electron chi connectivity index (χ1n) is 6.22. The molecule has 98 valence electrons. The Morgan fingerprint density at radius 2 is 2.20 bits per heavy atom. The zero-order valence-corrected chi connectivity index (χ0v) is 10.9. The summed E-state index contributed by atoms with van der Waals surface area (Å²) in [6.45, 7) is 2.06. The fraction of sp³-hybridized carbons (Fsp3) is 0.133. The van der Waals surface area contributed by atoms with E-state index in [1.165, 1.54) is 11.1 Å². The van der Waals surface area contributed by atoms with Gasteiger partial charge in [-0.05, 0) is 24.1 Å². The number of hydrogen-bond acceptors (Lipinski definition) is 4. The first-order valence-corrected chi connectivity index (χ1v) is 6.22. The van der Waals surface area contributed by atoms with Crippen LogP contribution in [0.4, 0.5) is 0 Å². The fourth-order valence-corrected chi connectivity index (χ4v) is 2.00. The van der Waals surface area contributed by atoms with Crippen molar-refractivity contribution in [2.75, 3.05) is 0 Å². The van der Waals surface area contributed by atoms with Gasteiger partial charge in [0.1, 0.15) is 11.8 Å². The molecule has 0 bridgehead atoms. The maximum Gasteiger partial charge on any atom is 0.274 e. The lowest BCUT2D eigenvalue weighted by Gasteiger charge is -2.00. The number of rotatable bonds is 3. The van der Waals surface area contributed by atoms with Gasteiger partial charge >= 0.3 is 0 Å². The quantitative estimate of drug-likeness (QED) is 0.789. The third-order valence-corrected chi connectivity index (χ3v) is 3.12. The summed E-state index contributed by atoms with van der Waals surface area (Å²) in [4.78, 5) is 7.29. The van der Waals surface area contributed by atoms with E-state index in [0.29, 0.717) is 29.4 Å². The minimum Gasteiger partial charge on any atom is -0.356 e. The molecule has 3 aromatic rings. The van der Waals surface area contributed by atoms with Crippen molar-refractivity contribution in [2.24, 2.45) is 0 Å². The zero-order chi connectivity index (χ0) is 13.9. The van der Waals surface area contributed by atoms with Gasteiger partial charge < -0.3 is 9.51 Å². The molecule has 2 aromatic heterocycles. The largest absolute Gasteiger partial charge is 0.356 e. The van der Waals surface area contributed by atoms with Crippen LogP contribution in [0, 0.1) is 18.3 Å². The molecule has 0 aliphatic rings. The van der Waals surface area contributed by atoms with E-state index in [9.17, 15) is 0 Å². The molecule has 0 aliphatic heterocycles. The van der Waals surface area contributed by atoms with Gasteiger partial charge in [-0.15, -0.1) is 0 Å². The Kier molecular flexibility index (Phi) is 3.05. The summed E-state index contributed by atoms with van der Waals surface area (Å²) in [6.07, 6.45) is 2.24. The van der Waals surface area contributed by atoms with Gasteiger partial charge in [-0.1, -0.05) is 29.4 Å². The maximum absolute atomic E-state index is 8.79. The van der Waals surface area contributed by atoms with Crippen molar-refractivity contribution in [1.29, 1.82) is 5.26 Å². The van der Waals surface area contributed by atoms with Gasteiger partial charge in [0.05, 0.1) is 5.56 Å². The van der Waals surface area contributed by atoms with Crippen LogP contribution in [-0.4, -0.2) is 15.1 Å². The molecule has 20 heavy (non-hydrogen) atoms. The van der Waals surface area contributed by atoms with Crippen LogP contribution in [0.25, 0.3) is 11.6 Å². The van der Waals surface area contributed by atoms with E-state index in [0.717, 1.165) is 0 Å². The first kappa shape index (κ1) is 12.2. The Bertz CT molecular complexity index is 779. The van der Waals surface area contributed by atoms with Crippen LogP contribution in [0.3, 0.4) is 0 Å². The van der Waals surface area contributed by atoms with Gasteiger partial charge in [-0.2, -0.15) is 10.2 Å². The van der Waals surface area contributed by atoms with E-state index in [4.69, 9.17) is 9.78 Å². The second-order valence-corrected chi connectivity index (χ2v) is 4.53. The monoisotopic (exact) mass is 264 g/mol. The van der Waals surface area contributed by atoms with Crippen LogP contribution in [0.5, 0.6) is 0 Å². The Labute approximate surface area is 115 Å². The number of aromatic nitrogens is 3. The number of H-pyrrole nitrogens is 1. The van der Waals surface area contributed by atoms with Crippen LogP contribution >= 0.6 is 0 Å². The summed E-state index contributed by atoms with van der Waals surface area (Å²) >= 11 is 0. The summed E-state index contributed by atoms with van der Waals surface area (Å²) < 4.78 is 5.22. The molecule has 0 spiro atoms. The molecule has 0 fully saturated rings. The van der Waals surface area contributed by atoms with Gasteiger partial charge in [0.25, 0.3) is 5.89 Å². The smallest absolute Gasteiger partial charge is 0.274 e. The summed E-state index contributed by atoms with van der Waals surface area (Å²) in [5.74, 6) is 1.03. The Morgan fingerprint density at radius 1 is 1.35 bits per heavy atom. The van der Waals surface area contributed by atoms with E-state index >= 15 is 0 Å². The second-order valence-electron chi connectivity index (χ2n) is 4.53. The molecule has 0 saturated heterocycles. The number of nitriles is 1. The van der Waals surface area contributed by atoms with Crippen LogP contribution < -0.4 is 0 Å². The molecule has 2 heterocycles. The van der Waals surface area contributed by atoms with Crippen LogP contribution in [0.1, 0.15) is 22.5 Å². The molecule has 5 nitrogen and oxygen atoms in total. The normalized spacial score (nSPS) is 10.4. The van der Waals surface area contributed by atoms with Crippen molar-refractivity contribution in [3.05, 3.63) is 59.0 Å². The molecule has 5 heteroatoms. The average Bonchev–Trinajstić information content (AvgIpc) is 3.10. The lowest BCUT2D eigenvalue weighted by Crippen LogP contribution is -1.93. The number of benzene rings is 1. The molecule has 0 aliphatic carbocycles. The van der Waals surface area contributed by atoms with E-state index in [2.05, 4.69) is 34.2 Å². The number of aryl methyl sites for hydroxylation is 1. The van der Waals surface area contributed by atoms with Gasteiger partial charge in [-0.25, -0.2) is 0 Å². The molecule has 1 N–H and O–H groups in total. The van der Waals surface area contributed by atoms with Gasteiger partial charge in [0, 0.05) is 12.6 Å². The molecular formula is C15H12N4O. The zero-order valence-electron chi connectivity index (χ0n) is 10.9. The van der Waals surface area contributed by atoms with Crippen molar-refractivity contribution < 1.29 is 4.52 Å². The third-order valence-electron chi connectivity index (χ3n) is 3.12. The number of nitrogens with one attached hydrogen (secondary N) is 1. The second kappa shape index (κ2) is 5.02. The van der Waals surface area contributed by atoms with Crippen molar-refractivity contribution in [3.63, 3.8) is 0 Å². The van der Waals surface area contributed by atoms with Crippen molar-refractivity contribution in [1.82, 2.24) is 15.1 Å². The molecule has 0 radical (unpaired) electrons. The van der Waals surface area contributed by atoms with Crippen molar-refractivity contribution in [3.8, 4) is 17.7 Å². The van der Waals surface area contributed by atoms with Crippen molar-refractivity contribution in [2.45, 2.75) is 13.3 Å². The number of aromatic amines is 1.